The molecule has 0 saturated carbocycles. The number of hydrogen-bond acceptors (Lipinski definition) is 4. The van der Waals surface area contributed by atoms with Crippen molar-refractivity contribution in [3.63, 3.8) is 0 Å². The van der Waals surface area contributed by atoms with Crippen LogP contribution >= 0.6 is 11.3 Å². The number of carbonyl (C=O) groups excluding carboxylic acids is 2. The van der Waals surface area contributed by atoms with Gasteiger partial charge in [-0.1, -0.05) is 48.5 Å². The Labute approximate surface area is 153 Å². The number of aromatic amines is 1. The quantitative estimate of drug-likeness (QED) is 0.531. The average Bonchev–Trinajstić information content (AvgIpc) is 3.34. The zero-order valence-corrected chi connectivity index (χ0v) is 14.5. The van der Waals surface area contributed by atoms with Gasteiger partial charge in [-0.3, -0.25) is 9.59 Å². The molecule has 0 saturated heterocycles. The van der Waals surface area contributed by atoms with Crippen molar-refractivity contribution in [2.24, 2.45) is 0 Å². The molecule has 0 bridgehead atoms. The van der Waals surface area contributed by atoms with E-state index in [4.69, 9.17) is 0 Å². The van der Waals surface area contributed by atoms with Gasteiger partial charge in [-0.15, -0.1) is 11.3 Å². The molecule has 2 N–H and O–H groups in total. The van der Waals surface area contributed by atoms with Gasteiger partial charge in [0.25, 0.3) is 5.91 Å². The maximum Gasteiger partial charge on any atom is 0.271 e. The van der Waals surface area contributed by atoms with Gasteiger partial charge in [0.05, 0.1) is 5.56 Å². The zero-order valence-electron chi connectivity index (χ0n) is 13.7. The van der Waals surface area contributed by atoms with Crippen molar-refractivity contribution >= 4 is 33.9 Å². The Bertz CT molecular complexity index is 1080. The Kier molecular flexibility index (Phi) is 4.33. The average molecular weight is 361 g/mol. The van der Waals surface area contributed by atoms with E-state index < -0.39 is 0 Å². The molecule has 0 aliphatic heterocycles. The first-order valence-electron chi connectivity index (χ1n) is 8.11. The van der Waals surface area contributed by atoms with Crippen LogP contribution in [0, 0.1) is 0 Å². The van der Waals surface area contributed by atoms with Crippen molar-refractivity contribution in [1.82, 2.24) is 15.3 Å². The molecule has 2 heterocycles. The normalized spacial score (nSPS) is 10.8. The van der Waals surface area contributed by atoms with E-state index in [1.54, 1.807) is 11.6 Å². The minimum absolute atomic E-state index is 0.186. The summed E-state index contributed by atoms with van der Waals surface area (Å²) in [4.78, 5) is 32.3. The van der Waals surface area contributed by atoms with Crippen molar-refractivity contribution in [3.8, 4) is 0 Å². The summed E-state index contributed by atoms with van der Waals surface area (Å²) in [6.45, 7) is 0.420. The lowest BCUT2D eigenvalue weighted by Gasteiger charge is -2.02. The number of benzene rings is 2. The summed E-state index contributed by atoms with van der Waals surface area (Å²) >= 11 is 1.18. The Balaban J connectivity index is 1.50. The van der Waals surface area contributed by atoms with Crippen LogP contribution in [0.5, 0.6) is 0 Å². The van der Waals surface area contributed by atoms with Crippen LogP contribution in [0.25, 0.3) is 10.9 Å². The number of carbonyl (C=O) groups is 2. The number of nitrogens with zero attached hydrogens (tertiary/aromatic N) is 1. The van der Waals surface area contributed by atoms with Gasteiger partial charge in [-0.05, 0) is 11.6 Å². The lowest BCUT2D eigenvalue weighted by atomic mass is 10.1. The Morgan fingerprint density at radius 1 is 1.04 bits per heavy atom. The molecule has 26 heavy (non-hydrogen) atoms. The molecule has 0 atom stereocenters. The molecule has 0 aliphatic rings. The number of rotatable bonds is 5. The van der Waals surface area contributed by atoms with E-state index in [1.165, 1.54) is 11.3 Å². The third-order valence-corrected chi connectivity index (χ3v) is 4.90. The molecule has 0 radical (unpaired) electrons. The second-order valence-corrected chi connectivity index (χ2v) is 6.64. The highest BCUT2D eigenvalue weighted by Gasteiger charge is 2.19. The molecule has 4 aromatic rings. The molecular weight excluding hydrogens is 346 g/mol. The number of H-pyrrole nitrogens is 1. The Morgan fingerprint density at radius 3 is 2.65 bits per heavy atom. The maximum absolute atomic E-state index is 12.7. The number of para-hydroxylation sites is 1. The summed E-state index contributed by atoms with van der Waals surface area (Å²) in [5.74, 6) is -0.474. The van der Waals surface area contributed by atoms with Crippen LogP contribution in [0.4, 0.5) is 0 Å². The van der Waals surface area contributed by atoms with Gasteiger partial charge < -0.3 is 10.3 Å². The largest absolute Gasteiger partial charge is 0.360 e. The molecule has 0 unspecified atom stereocenters. The maximum atomic E-state index is 12.7. The van der Waals surface area contributed by atoms with E-state index in [9.17, 15) is 9.59 Å². The van der Waals surface area contributed by atoms with Crippen molar-refractivity contribution in [3.05, 3.63) is 88.0 Å². The minimum atomic E-state index is -0.289. The zero-order chi connectivity index (χ0) is 17.9. The van der Waals surface area contributed by atoms with E-state index in [0.717, 1.165) is 16.5 Å². The summed E-state index contributed by atoms with van der Waals surface area (Å²) in [6, 6.07) is 17.2. The lowest BCUT2D eigenvalue weighted by molar-refractivity contribution is 0.0946. The fourth-order valence-corrected chi connectivity index (χ4v) is 3.48. The third kappa shape index (κ3) is 3.14. The fourth-order valence-electron chi connectivity index (χ4n) is 2.73. The standard InChI is InChI=1S/C20H15N3O2S/c24-18(15-11-21-16-9-5-4-8-14(15)16)20-23-17(12-26-20)19(25)22-10-13-6-2-1-3-7-13/h1-9,11-12,21H,10H2,(H,22,25). The molecule has 0 fully saturated rings. The number of ketones is 1. The van der Waals surface area contributed by atoms with E-state index in [2.05, 4.69) is 15.3 Å². The van der Waals surface area contributed by atoms with Crippen molar-refractivity contribution < 1.29 is 9.59 Å². The highest BCUT2D eigenvalue weighted by Crippen LogP contribution is 2.22. The first-order valence-corrected chi connectivity index (χ1v) is 8.99. The predicted molar refractivity (Wildman–Crippen MR) is 101 cm³/mol. The lowest BCUT2D eigenvalue weighted by Crippen LogP contribution is -2.23. The molecule has 128 valence electrons. The van der Waals surface area contributed by atoms with Crippen LogP contribution < -0.4 is 5.32 Å². The Morgan fingerprint density at radius 2 is 1.81 bits per heavy atom. The van der Waals surface area contributed by atoms with Crippen molar-refractivity contribution in [1.29, 1.82) is 0 Å². The van der Waals surface area contributed by atoms with E-state index >= 15 is 0 Å². The molecule has 2 aromatic heterocycles. The first-order chi connectivity index (χ1) is 12.7. The monoisotopic (exact) mass is 361 g/mol. The second-order valence-electron chi connectivity index (χ2n) is 5.78. The summed E-state index contributed by atoms with van der Waals surface area (Å²) in [7, 11) is 0. The van der Waals surface area contributed by atoms with E-state index in [-0.39, 0.29) is 17.4 Å². The van der Waals surface area contributed by atoms with Crippen LogP contribution in [-0.4, -0.2) is 21.7 Å². The molecular formula is C20H15N3O2S. The summed E-state index contributed by atoms with van der Waals surface area (Å²) in [5.41, 5.74) is 2.72. The number of thiazole rings is 1. The van der Waals surface area contributed by atoms with Gasteiger partial charge in [-0.25, -0.2) is 4.98 Å². The first kappa shape index (κ1) is 16.2. The number of aromatic nitrogens is 2. The highest BCUT2D eigenvalue weighted by atomic mass is 32.1. The molecule has 0 spiro atoms. The Hall–Kier alpha value is -3.25. The van der Waals surface area contributed by atoms with Gasteiger partial charge in [-0.2, -0.15) is 0 Å². The van der Waals surface area contributed by atoms with Crippen LogP contribution in [0.2, 0.25) is 0 Å². The van der Waals surface area contributed by atoms with Gasteiger partial charge in [0.2, 0.25) is 5.78 Å². The third-order valence-electron chi connectivity index (χ3n) is 4.06. The molecule has 4 rings (SSSR count). The van der Waals surface area contributed by atoms with Gasteiger partial charge in [0.15, 0.2) is 5.01 Å². The van der Waals surface area contributed by atoms with Gasteiger partial charge >= 0.3 is 0 Å². The molecule has 5 nitrogen and oxygen atoms in total. The molecule has 1 amide bonds. The summed E-state index contributed by atoms with van der Waals surface area (Å²) in [5, 5.41) is 5.59. The van der Waals surface area contributed by atoms with Crippen LogP contribution in [0.3, 0.4) is 0 Å². The SMILES string of the molecule is O=C(NCc1ccccc1)c1csc(C(=O)c2c[nH]c3ccccc23)n1. The summed E-state index contributed by atoms with van der Waals surface area (Å²) < 4.78 is 0. The smallest absolute Gasteiger partial charge is 0.271 e. The molecule has 2 aromatic carbocycles. The highest BCUT2D eigenvalue weighted by molar-refractivity contribution is 7.12. The van der Waals surface area contributed by atoms with Crippen molar-refractivity contribution in [2.75, 3.05) is 0 Å². The molecule has 0 aliphatic carbocycles. The number of nitrogens with one attached hydrogen (secondary N) is 2. The van der Waals surface area contributed by atoms with Crippen LogP contribution in [0.15, 0.2) is 66.2 Å². The topological polar surface area (TPSA) is 74.8 Å². The van der Waals surface area contributed by atoms with Gasteiger partial charge in [0, 0.05) is 29.0 Å². The predicted octanol–water partition coefficient (Wildman–Crippen LogP) is 3.79. The summed E-state index contributed by atoms with van der Waals surface area (Å²) in [6.07, 6.45) is 1.68. The number of fused-ring (bicyclic) bond motifs is 1. The minimum Gasteiger partial charge on any atom is -0.360 e. The van der Waals surface area contributed by atoms with E-state index in [1.807, 2.05) is 54.6 Å². The molecule has 6 heteroatoms. The second kappa shape index (κ2) is 6.93. The van der Waals surface area contributed by atoms with Crippen LogP contribution in [0.1, 0.15) is 31.4 Å². The van der Waals surface area contributed by atoms with Gasteiger partial charge in [0.1, 0.15) is 5.69 Å². The van der Waals surface area contributed by atoms with Crippen molar-refractivity contribution in [2.45, 2.75) is 6.54 Å². The fraction of sp³-hybridized carbons (Fsp3) is 0.0500. The number of amides is 1. The number of hydrogen-bond donors (Lipinski definition) is 2. The van der Waals surface area contributed by atoms with Crippen LogP contribution in [-0.2, 0) is 6.54 Å². The van der Waals surface area contributed by atoms with E-state index in [0.29, 0.717) is 17.1 Å².